The fourth-order valence-corrected chi connectivity index (χ4v) is 4.64. The molecule has 0 fully saturated rings. The van der Waals surface area contributed by atoms with E-state index in [1.165, 1.54) is 16.4 Å². The van der Waals surface area contributed by atoms with Gasteiger partial charge in [0, 0.05) is 27.2 Å². The van der Waals surface area contributed by atoms with E-state index in [9.17, 15) is 0 Å². The molecule has 0 aliphatic heterocycles. The second-order valence-corrected chi connectivity index (χ2v) is 8.71. The molecule has 0 aliphatic carbocycles. The molecule has 2 aromatic carbocycles. The lowest BCUT2D eigenvalue weighted by Gasteiger charge is -2.09. The molecule has 0 radical (unpaired) electrons. The van der Waals surface area contributed by atoms with Gasteiger partial charge < -0.3 is 15.3 Å². The molecule has 0 atom stereocenters. The van der Waals surface area contributed by atoms with E-state index in [1.54, 1.807) is 32.0 Å². The molecule has 0 bridgehead atoms. The van der Waals surface area contributed by atoms with Crippen LogP contribution in [-0.4, -0.2) is 40.3 Å². The Morgan fingerprint density at radius 3 is 2.58 bits per heavy atom. The van der Waals surface area contributed by atoms with Gasteiger partial charge in [0.1, 0.15) is 5.15 Å². The lowest BCUT2D eigenvalue weighted by Crippen LogP contribution is -2.11. The molecule has 0 unspecified atom stereocenters. The number of ether oxygens (including phenoxy) is 2. The molecule has 0 amide bonds. The van der Waals surface area contributed by atoms with Crippen molar-refractivity contribution in [1.82, 2.24) is 19.9 Å². The molecule has 7 nitrogen and oxygen atoms in total. The fourth-order valence-electron chi connectivity index (χ4n) is 3.09. The number of halogens is 1. The molecule has 0 saturated heterocycles. The first kappa shape index (κ1) is 21.6. The maximum absolute atomic E-state index is 6.44. The van der Waals surface area contributed by atoms with E-state index in [0.717, 1.165) is 26.9 Å². The van der Waals surface area contributed by atoms with Crippen molar-refractivity contribution in [2.45, 2.75) is 15.8 Å². The minimum absolute atomic E-state index is 0.474. The van der Waals surface area contributed by atoms with Crippen molar-refractivity contribution in [3.63, 3.8) is 0 Å². The van der Waals surface area contributed by atoms with Crippen LogP contribution in [0, 0.1) is 0 Å². The van der Waals surface area contributed by atoms with Crippen LogP contribution in [0.5, 0.6) is 11.5 Å². The predicted octanol–water partition coefficient (Wildman–Crippen LogP) is 4.89. The van der Waals surface area contributed by atoms with Gasteiger partial charge in [-0.3, -0.25) is 0 Å². The van der Waals surface area contributed by atoms with Gasteiger partial charge in [-0.05, 0) is 42.7 Å². The van der Waals surface area contributed by atoms with E-state index >= 15 is 0 Å². The minimum atomic E-state index is 0.474. The van der Waals surface area contributed by atoms with Crippen LogP contribution in [-0.2, 0) is 5.75 Å². The van der Waals surface area contributed by atoms with Gasteiger partial charge in [-0.1, -0.05) is 29.4 Å². The van der Waals surface area contributed by atoms with Crippen LogP contribution in [0.2, 0.25) is 5.15 Å². The van der Waals surface area contributed by atoms with Crippen molar-refractivity contribution >= 4 is 46.0 Å². The van der Waals surface area contributed by atoms with Gasteiger partial charge in [0.05, 0.1) is 19.7 Å². The van der Waals surface area contributed by atoms with Gasteiger partial charge in [0.2, 0.25) is 5.16 Å². The second kappa shape index (κ2) is 9.25. The summed E-state index contributed by atoms with van der Waals surface area (Å²) < 4.78 is 12.1. The Bertz CT molecular complexity index is 1250. The van der Waals surface area contributed by atoms with E-state index in [0.29, 0.717) is 33.4 Å². The molecule has 0 saturated carbocycles. The van der Waals surface area contributed by atoms with Crippen LogP contribution in [0.1, 0.15) is 5.56 Å². The second-order valence-electron chi connectivity index (χ2n) is 6.53. The Balaban J connectivity index is 1.56. The zero-order valence-corrected chi connectivity index (χ0v) is 19.5. The molecule has 0 spiro atoms. The highest BCUT2D eigenvalue weighted by Crippen LogP contribution is 2.33. The number of nitrogens with two attached hydrogens (primary N) is 1. The summed E-state index contributed by atoms with van der Waals surface area (Å²) in [5.74, 6) is 8.58. The zero-order chi connectivity index (χ0) is 22.0. The molecule has 4 aromatic rings. The summed E-state index contributed by atoms with van der Waals surface area (Å²) in [5, 5.41) is 10.6. The maximum Gasteiger partial charge on any atom is 0.210 e. The van der Waals surface area contributed by atoms with Crippen LogP contribution in [0.25, 0.3) is 22.3 Å². The summed E-state index contributed by atoms with van der Waals surface area (Å²) in [6, 6.07) is 13.7. The largest absolute Gasteiger partial charge is 0.493 e. The highest BCUT2D eigenvalue weighted by atomic mass is 35.5. The predicted molar refractivity (Wildman–Crippen MR) is 127 cm³/mol. The third-order valence-corrected chi connectivity index (χ3v) is 6.76. The SMILES string of the molecule is COc1ccc(-c2nnc(SCc3cc4ccc(SC)cc4nc3Cl)n2N)cc1OC. The number of benzene rings is 2. The molecule has 2 heterocycles. The first-order valence-corrected chi connectivity index (χ1v) is 11.8. The monoisotopic (exact) mass is 473 g/mol. The summed E-state index contributed by atoms with van der Waals surface area (Å²) in [7, 11) is 3.17. The number of aromatic nitrogens is 4. The van der Waals surface area contributed by atoms with Crippen molar-refractivity contribution in [2.24, 2.45) is 0 Å². The highest BCUT2D eigenvalue weighted by molar-refractivity contribution is 7.98. The number of hydrogen-bond donors (Lipinski definition) is 1. The maximum atomic E-state index is 6.44. The number of methoxy groups -OCH3 is 2. The number of rotatable bonds is 7. The molecular weight excluding hydrogens is 454 g/mol. The smallest absolute Gasteiger partial charge is 0.210 e. The number of pyridine rings is 1. The molecule has 10 heteroatoms. The topological polar surface area (TPSA) is 88.1 Å². The Morgan fingerprint density at radius 2 is 1.84 bits per heavy atom. The lowest BCUT2D eigenvalue weighted by molar-refractivity contribution is 0.355. The van der Waals surface area contributed by atoms with E-state index in [1.807, 2.05) is 30.5 Å². The molecule has 2 N–H and O–H groups in total. The number of nitrogen functional groups attached to an aromatic ring is 1. The third kappa shape index (κ3) is 4.39. The van der Waals surface area contributed by atoms with Crippen LogP contribution < -0.4 is 15.3 Å². The Hall–Kier alpha value is -2.62. The van der Waals surface area contributed by atoms with Crippen molar-refractivity contribution in [2.75, 3.05) is 26.3 Å². The molecule has 2 aromatic heterocycles. The third-order valence-electron chi connectivity index (χ3n) is 4.71. The quantitative estimate of drug-likeness (QED) is 0.230. The van der Waals surface area contributed by atoms with Crippen molar-refractivity contribution in [3.05, 3.63) is 53.2 Å². The van der Waals surface area contributed by atoms with Gasteiger partial charge in [-0.25, -0.2) is 9.66 Å². The zero-order valence-electron chi connectivity index (χ0n) is 17.1. The van der Waals surface area contributed by atoms with Gasteiger partial charge in [0.25, 0.3) is 0 Å². The molecular formula is C21H20ClN5O2S2. The average molecular weight is 474 g/mol. The van der Waals surface area contributed by atoms with Gasteiger partial charge in [0.15, 0.2) is 17.3 Å². The standard InChI is InChI=1S/C21H20ClN5O2S2/c1-28-17-7-5-13(9-18(17)29-2)20-25-26-21(27(20)23)31-11-14-8-12-4-6-15(30-3)10-16(12)24-19(14)22/h4-10H,11,23H2,1-3H3. The van der Waals surface area contributed by atoms with E-state index in [2.05, 4.69) is 27.3 Å². The number of thioether (sulfide) groups is 2. The van der Waals surface area contributed by atoms with Crippen molar-refractivity contribution in [3.8, 4) is 22.9 Å². The first-order valence-electron chi connectivity index (χ1n) is 9.23. The molecule has 0 aliphatic rings. The van der Waals surface area contributed by atoms with Crippen LogP contribution >= 0.6 is 35.1 Å². The summed E-state index contributed by atoms with van der Waals surface area (Å²) in [6.45, 7) is 0. The van der Waals surface area contributed by atoms with E-state index in [4.69, 9.17) is 26.9 Å². The highest BCUT2D eigenvalue weighted by Gasteiger charge is 2.16. The Kier molecular flexibility index (Phi) is 6.45. The summed E-state index contributed by atoms with van der Waals surface area (Å²) in [6.07, 6.45) is 2.03. The first-order chi connectivity index (χ1) is 15.0. The van der Waals surface area contributed by atoms with Crippen molar-refractivity contribution < 1.29 is 9.47 Å². The van der Waals surface area contributed by atoms with E-state index < -0.39 is 0 Å². The van der Waals surface area contributed by atoms with Gasteiger partial charge >= 0.3 is 0 Å². The summed E-state index contributed by atoms with van der Waals surface area (Å²) in [5.41, 5.74) is 2.56. The number of fused-ring (bicyclic) bond motifs is 1. The van der Waals surface area contributed by atoms with Crippen LogP contribution in [0.3, 0.4) is 0 Å². The number of nitrogens with zero attached hydrogens (tertiary/aromatic N) is 4. The number of hydrogen-bond acceptors (Lipinski definition) is 8. The fraction of sp³-hybridized carbons (Fsp3) is 0.190. The van der Waals surface area contributed by atoms with E-state index in [-0.39, 0.29) is 0 Å². The van der Waals surface area contributed by atoms with Crippen LogP contribution in [0.15, 0.2) is 52.5 Å². The summed E-state index contributed by atoms with van der Waals surface area (Å²) >= 11 is 9.55. The minimum Gasteiger partial charge on any atom is -0.493 e. The lowest BCUT2D eigenvalue weighted by atomic mass is 10.2. The van der Waals surface area contributed by atoms with Crippen LogP contribution in [0.4, 0.5) is 0 Å². The van der Waals surface area contributed by atoms with Gasteiger partial charge in [-0.15, -0.1) is 22.0 Å². The molecule has 4 rings (SSSR count). The Morgan fingerprint density at radius 1 is 1.03 bits per heavy atom. The average Bonchev–Trinajstić information content (AvgIpc) is 3.16. The molecule has 160 valence electrons. The Labute approximate surface area is 193 Å². The van der Waals surface area contributed by atoms with Crippen molar-refractivity contribution in [1.29, 1.82) is 0 Å². The van der Waals surface area contributed by atoms with Gasteiger partial charge in [-0.2, -0.15) is 0 Å². The molecule has 31 heavy (non-hydrogen) atoms. The normalized spacial score (nSPS) is 11.1. The summed E-state index contributed by atoms with van der Waals surface area (Å²) in [4.78, 5) is 5.70.